The summed E-state index contributed by atoms with van der Waals surface area (Å²) in [5.74, 6) is -0.199. The lowest BCUT2D eigenvalue weighted by molar-refractivity contribution is -0.139. The smallest absolute Gasteiger partial charge is 0.419 e. The minimum Gasteiger partial charge on any atom is -0.490 e. The fraction of sp³-hybridized carbons (Fsp3) is 0.538. The maximum absolute atomic E-state index is 12.9. The van der Waals surface area contributed by atoms with Crippen molar-refractivity contribution in [2.75, 3.05) is 6.61 Å². The number of aliphatic hydroxyl groups excluding tert-OH is 2. The second kappa shape index (κ2) is 5.38. The molecule has 0 radical (unpaired) electrons. The molecule has 0 bridgehead atoms. The zero-order valence-electron chi connectivity index (χ0n) is 10.2. The fourth-order valence-corrected chi connectivity index (χ4v) is 1.73. The summed E-state index contributed by atoms with van der Waals surface area (Å²) in [7, 11) is 0. The van der Waals surface area contributed by atoms with Crippen molar-refractivity contribution in [3.63, 3.8) is 0 Å². The number of rotatable bonds is 5. The zero-order valence-corrected chi connectivity index (χ0v) is 10.2. The van der Waals surface area contributed by atoms with Gasteiger partial charge in [-0.2, -0.15) is 13.2 Å². The van der Waals surface area contributed by atoms with Crippen LogP contribution in [0.1, 0.15) is 36.5 Å². The average molecular weight is 276 g/mol. The summed E-state index contributed by atoms with van der Waals surface area (Å²) in [4.78, 5) is 0. The van der Waals surface area contributed by atoms with Crippen molar-refractivity contribution in [3.8, 4) is 5.75 Å². The molecule has 2 N–H and O–H groups in total. The molecule has 1 unspecified atom stereocenters. The lowest BCUT2D eigenvalue weighted by atomic mass is 10.0. The highest BCUT2D eigenvalue weighted by Gasteiger charge is 2.36. The van der Waals surface area contributed by atoms with Gasteiger partial charge in [-0.15, -0.1) is 0 Å². The third-order valence-corrected chi connectivity index (χ3v) is 2.91. The Bertz CT molecular complexity index is 441. The van der Waals surface area contributed by atoms with Gasteiger partial charge >= 0.3 is 6.18 Å². The van der Waals surface area contributed by atoms with Crippen LogP contribution in [0.25, 0.3) is 0 Å². The minimum atomic E-state index is -4.53. The molecular formula is C13H15F3O3. The van der Waals surface area contributed by atoms with Gasteiger partial charge < -0.3 is 14.9 Å². The van der Waals surface area contributed by atoms with Crippen LogP contribution >= 0.6 is 0 Å². The molecule has 1 aromatic carbocycles. The molecule has 1 aromatic rings. The molecule has 0 aliphatic heterocycles. The monoisotopic (exact) mass is 276 g/mol. The molecule has 1 aliphatic carbocycles. The lowest BCUT2D eigenvalue weighted by Crippen LogP contribution is -2.11. The topological polar surface area (TPSA) is 49.7 Å². The average Bonchev–Trinajstić information content (AvgIpc) is 3.12. The van der Waals surface area contributed by atoms with E-state index < -0.39 is 17.8 Å². The molecule has 0 saturated heterocycles. The maximum atomic E-state index is 12.9. The lowest BCUT2D eigenvalue weighted by Gasteiger charge is -2.17. The number of benzene rings is 1. The van der Waals surface area contributed by atoms with E-state index in [2.05, 4.69) is 0 Å². The number of hydrogen-bond donors (Lipinski definition) is 2. The van der Waals surface area contributed by atoms with Gasteiger partial charge in [0.05, 0.1) is 17.8 Å². The number of alkyl halides is 3. The zero-order chi connectivity index (χ0) is 14.0. The molecule has 1 saturated carbocycles. The molecule has 0 heterocycles. The van der Waals surface area contributed by atoms with E-state index in [1.165, 1.54) is 12.1 Å². The predicted octanol–water partition coefficient (Wildman–Crippen LogP) is 2.66. The van der Waals surface area contributed by atoms with Crippen LogP contribution in [0.2, 0.25) is 0 Å². The van der Waals surface area contributed by atoms with Gasteiger partial charge in [-0.25, -0.2) is 0 Å². The highest BCUT2D eigenvalue weighted by atomic mass is 19.4. The Morgan fingerprint density at radius 2 is 2.00 bits per heavy atom. The highest BCUT2D eigenvalue weighted by Crippen LogP contribution is 2.40. The SMILES string of the molecule is OCCC(O)c1ccc(OC2CC2)c(C(F)(F)F)c1. The van der Waals surface area contributed by atoms with Crippen molar-refractivity contribution in [1.29, 1.82) is 0 Å². The van der Waals surface area contributed by atoms with Crippen LogP contribution in [0.5, 0.6) is 5.75 Å². The second-order valence-electron chi connectivity index (χ2n) is 4.60. The van der Waals surface area contributed by atoms with Gasteiger partial charge in [0.15, 0.2) is 0 Å². The van der Waals surface area contributed by atoms with Crippen molar-refractivity contribution < 1.29 is 28.1 Å². The number of halogens is 3. The van der Waals surface area contributed by atoms with Crippen LogP contribution in [0, 0.1) is 0 Å². The van der Waals surface area contributed by atoms with E-state index in [4.69, 9.17) is 9.84 Å². The summed E-state index contributed by atoms with van der Waals surface area (Å²) in [5.41, 5.74) is -0.751. The normalized spacial score (nSPS) is 17.3. The molecule has 1 atom stereocenters. The van der Waals surface area contributed by atoms with E-state index in [1.54, 1.807) is 0 Å². The first-order valence-corrected chi connectivity index (χ1v) is 6.08. The minimum absolute atomic E-state index is 0.000125. The van der Waals surface area contributed by atoms with Crippen LogP contribution < -0.4 is 4.74 Å². The Balaban J connectivity index is 2.29. The third-order valence-electron chi connectivity index (χ3n) is 2.91. The summed E-state index contributed by atoms with van der Waals surface area (Å²) >= 11 is 0. The Kier molecular flexibility index (Phi) is 4.01. The summed E-state index contributed by atoms with van der Waals surface area (Å²) in [6.07, 6.45) is -4.23. The van der Waals surface area contributed by atoms with Gasteiger partial charge in [0.25, 0.3) is 0 Å². The Morgan fingerprint density at radius 1 is 1.32 bits per heavy atom. The van der Waals surface area contributed by atoms with Crippen molar-refractivity contribution >= 4 is 0 Å². The molecule has 0 aromatic heterocycles. The largest absolute Gasteiger partial charge is 0.490 e. The Hall–Kier alpha value is -1.27. The summed E-state index contributed by atoms with van der Waals surface area (Å²) in [6.45, 7) is -0.289. The molecule has 19 heavy (non-hydrogen) atoms. The van der Waals surface area contributed by atoms with Crippen molar-refractivity contribution in [2.24, 2.45) is 0 Å². The van der Waals surface area contributed by atoms with E-state index >= 15 is 0 Å². The van der Waals surface area contributed by atoms with E-state index in [0.717, 1.165) is 18.9 Å². The van der Waals surface area contributed by atoms with Gasteiger partial charge in [-0.1, -0.05) is 6.07 Å². The van der Waals surface area contributed by atoms with Gasteiger partial charge in [0, 0.05) is 13.0 Å². The van der Waals surface area contributed by atoms with E-state index in [1.807, 2.05) is 0 Å². The maximum Gasteiger partial charge on any atom is 0.419 e. The van der Waals surface area contributed by atoms with Gasteiger partial charge in [-0.3, -0.25) is 0 Å². The summed E-state index contributed by atoms with van der Waals surface area (Å²) in [6, 6.07) is 3.52. The third kappa shape index (κ3) is 3.61. The molecule has 0 spiro atoms. The van der Waals surface area contributed by atoms with Crippen LogP contribution in [0.15, 0.2) is 18.2 Å². The second-order valence-corrected chi connectivity index (χ2v) is 4.60. The fourth-order valence-electron chi connectivity index (χ4n) is 1.73. The van der Waals surface area contributed by atoms with Crippen LogP contribution in [0.3, 0.4) is 0 Å². The molecule has 3 nitrogen and oxygen atoms in total. The molecule has 6 heteroatoms. The van der Waals surface area contributed by atoms with Crippen molar-refractivity contribution in [3.05, 3.63) is 29.3 Å². The van der Waals surface area contributed by atoms with Crippen LogP contribution in [-0.2, 0) is 6.18 Å². The summed E-state index contributed by atoms with van der Waals surface area (Å²) in [5, 5.41) is 18.3. The molecular weight excluding hydrogens is 261 g/mol. The van der Waals surface area contributed by atoms with E-state index in [-0.39, 0.29) is 30.4 Å². The van der Waals surface area contributed by atoms with Gasteiger partial charge in [0.2, 0.25) is 0 Å². The standard InChI is InChI=1S/C13H15F3O3/c14-13(15,16)10-7-8(11(18)5-6-17)1-4-12(10)19-9-2-3-9/h1,4,7,9,11,17-18H,2-3,5-6H2. The molecule has 0 amide bonds. The number of ether oxygens (including phenoxy) is 1. The number of aliphatic hydroxyl groups is 2. The Labute approximate surface area is 108 Å². The number of hydrogen-bond acceptors (Lipinski definition) is 3. The molecule has 2 rings (SSSR count). The van der Waals surface area contributed by atoms with E-state index in [9.17, 15) is 18.3 Å². The first-order valence-electron chi connectivity index (χ1n) is 6.08. The van der Waals surface area contributed by atoms with E-state index in [0.29, 0.717) is 0 Å². The molecule has 106 valence electrons. The van der Waals surface area contributed by atoms with Crippen LogP contribution in [-0.4, -0.2) is 22.9 Å². The van der Waals surface area contributed by atoms with Crippen molar-refractivity contribution in [1.82, 2.24) is 0 Å². The first-order chi connectivity index (χ1) is 8.91. The molecule has 1 fully saturated rings. The quantitative estimate of drug-likeness (QED) is 0.869. The van der Waals surface area contributed by atoms with Gasteiger partial charge in [0.1, 0.15) is 5.75 Å². The predicted molar refractivity (Wildman–Crippen MR) is 61.8 cm³/mol. The van der Waals surface area contributed by atoms with Crippen LogP contribution in [0.4, 0.5) is 13.2 Å². The van der Waals surface area contributed by atoms with Gasteiger partial charge in [-0.05, 0) is 30.5 Å². The Morgan fingerprint density at radius 3 is 2.53 bits per heavy atom. The molecule has 1 aliphatic rings. The van der Waals surface area contributed by atoms with Crippen molar-refractivity contribution in [2.45, 2.75) is 37.6 Å². The first kappa shape index (κ1) is 14.1. The highest BCUT2D eigenvalue weighted by molar-refractivity contribution is 5.40. The summed E-state index contributed by atoms with van der Waals surface area (Å²) < 4.78 is 44.0.